The average Bonchev–Trinajstić information content (AvgIpc) is 2.66. The number of amides is 1. The third-order valence-electron chi connectivity index (χ3n) is 6.37. The average molecular weight is 397 g/mol. The molecule has 1 amide bonds. The van der Waals surface area contributed by atoms with E-state index in [2.05, 4.69) is 37.4 Å². The van der Waals surface area contributed by atoms with Crippen LogP contribution in [0.15, 0.2) is 36.4 Å². The number of benzene rings is 2. The standard InChI is InChI=1S/C25H33FN2O/c1-16-11-17(2)13-19(12-16)25(4,5)24(29)28(6)23-9-10-27-15-22(23)21-8-7-20(26)14-18(21)3/h7-8,11-14,22-23,27H,9-10,15H2,1-6H3/t22-,23+/m1/s1. The Kier molecular flexibility index (Phi) is 6.13. The van der Waals surface area contributed by atoms with Crippen LogP contribution in [0.25, 0.3) is 0 Å². The van der Waals surface area contributed by atoms with Crippen LogP contribution in [0.5, 0.6) is 0 Å². The summed E-state index contributed by atoms with van der Waals surface area (Å²) >= 11 is 0. The van der Waals surface area contributed by atoms with Crippen molar-refractivity contribution in [2.45, 2.75) is 58.4 Å². The summed E-state index contributed by atoms with van der Waals surface area (Å²) < 4.78 is 13.6. The topological polar surface area (TPSA) is 32.3 Å². The van der Waals surface area contributed by atoms with Crippen LogP contribution in [0.1, 0.15) is 54.0 Å². The summed E-state index contributed by atoms with van der Waals surface area (Å²) in [6.07, 6.45) is 0.882. The largest absolute Gasteiger partial charge is 0.341 e. The van der Waals surface area contributed by atoms with Crippen molar-refractivity contribution in [2.75, 3.05) is 20.1 Å². The molecular weight excluding hydrogens is 363 g/mol. The molecule has 1 fully saturated rings. The Morgan fingerprint density at radius 2 is 1.76 bits per heavy atom. The molecule has 29 heavy (non-hydrogen) atoms. The fourth-order valence-corrected chi connectivity index (χ4v) is 4.73. The van der Waals surface area contributed by atoms with E-state index in [1.807, 2.05) is 38.8 Å². The summed E-state index contributed by atoms with van der Waals surface area (Å²) in [6, 6.07) is 11.4. The van der Waals surface area contributed by atoms with Crippen LogP contribution in [0.3, 0.4) is 0 Å². The van der Waals surface area contributed by atoms with E-state index in [1.165, 1.54) is 17.2 Å². The molecule has 0 unspecified atom stereocenters. The van der Waals surface area contributed by atoms with Gasteiger partial charge in [0, 0.05) is 25.6 Å². The van der Waals surface area contributed by atoms with Crippen molar-refractivity contribution in [2.24, 2.45) is 0 Å². The zero-order valence-electron chi connectivity index (χ0n) is 18.5. The molecule has 2 aromatic rings. The number of carbonyl (C=O) groups excluding carboxylic acids is 1. The minimum absolute atomic E-state index is 0.0816. The summed E-state index contributed by atoms with van der Waals surface area (Å²) in [6.45, 7) is 11.8. The van der Waals surface area contributed by atoms with Gasteiger partial charge in [0.1, 0.15) is 5.82 Å². The molecule has 1 aliphatic rings. The highest BCUT2D eigenvalue weighted by molar-refractivity contribution is 5.87. The number of likely N-dealkylation sites (N-methyl/N-ethyl adjacent to an activating group) is 1. The highest BCUT2D eigenvalue weighted by Gasteiger charge is 2.39. The maximum Gasteiger partial charge on any atom is 0.232 e. The second-order valence-corrected chi connectivity index (χ2v) is 9.08. The first-order chi connectivity index (χ1) is 13.6. The van der Waals surface area contributed by atoms with Crippen LogP contribution >= 0.6 is 0 Å². The maximum atomic E-state index is 13.6. The third kappa shape index (κ3) is 4.37. The Morgan fingerprint density at radius 3 is 2.38 bits per heavy atom. The van der Waals surface area contributed by atoms with Gasteiger partial charge in [-0.15, -0.1) is 0 Å². The quantitative estimate of drug-likeness (QED) is 0.817. The number of nitrogens with one attached hydrogen (secondary N) is 1. The van der Waals surface area contributed by atoms with Gasteiger partial charge in [-0.1, -0.05) is 35.4 Å². The summed E-state index contributed by atoms with van der Waals surface area (Å²) in [5, 5.41) is 3.45. The van der Waals surface area contributed by atoms with Crippen LogP contribution < -0.4 is 5.32 Å². The van der Waals surface area contributed by atoms with E-state index in [1.54, 1.807) is 6.07 Å². The second kappa shape index (κ2) is 8.27. The summed E-state index contributed by atoms with van der Waals surface area (Å²) in [7, 11) is 1.93. The lowest BCUT2D eigenvalue weighted by Gasteiger charge is -2.42. The predicted octanol–water partition coefficient (Wildman–Crippen LogP) is 4.63. The zero-order valence-corrected chi connectivity index (χ0v) is 18.5. The van der Waals surface area contributed by atoms with Crippen LogP contribution in [0.4, 0.5) is 4.39 Å². The first kappa shape index (κ1) is 21.5. The lowest BCUT2D eigenvalue weighted by Crippen LogP contribution is -2.53. The normalized spacial score (nSPS) is 19.8. The highest BCUT2D eigenvalue weighted by atomic mass is 19.1. The molecule has 0 aliphatic carbocycles. The molecule has 2 atom stereocenters. The molecule has 2 aromatic carbocycles. The number of rotatable bonds is 4. The van der Waals surface area contributed by atoms with Gasteiger partial charge in [-0.2, -0.15) is 0 Å². The molecule has 0 saturated carbocycles. The number of nitrogens with zero attached hydrogens (tertiary/aromatic N) is 1. The molecule has 4 heteroatoms. The van der Waals surface area contributed by atoms with Crippen molar-refractivity contribution < 1.29 is 9.18 Å². The Balaban J connectivity index is 1.91. The summed E-state index contributed by atoms with van der Waals surface area (Å²) in [5.41, 5.74) is 4.84. The SMILES string of the molecule is Cc1cc(C)cc(C(C)(C)C(=O)N(C)[C@H]2CCNC[C@@H]2c2ccc(F)cc2C)c1. The molecule has 156 valence electrons. The monoisotopic (exact) mass is 396 g/mol. The minimum atomic E-state index is -0.612. The fraction of sp³-hybridized carbons (Fsp3) is 0.480. The van der Waals surface area contributed by atoms with Crippen LogP contribution in [0, 0.1) is 26.6 Å². The lowest BCUT2D eigenvalue weighted by atomic mass is 9.79. The van der Waals surface area contributed by atoms with Gasteiger partial charge in [-0.05, 0) is 76.4 Å². The van der Waals surface area contributed by atoms with Gasteiger partial charge in [0.05, 0.1) is 5.41 Å². The van der Waals surface area contributed by atoms with Crippen molar-refractivity contribution in [3.63, 3.8) is 0 Å². The van der Waals surface area contributed by atoms with E-state index in [9.17, 15) is 9.18 Å². The van der Waals surface area contributed by atoms with E-state index in [0.717, 1.165) is 36.2 Å². The number of hydrogen-bond donors (Lipinski definition) is 1. The number of halogens is 1. The number of carbonyl (C=O) groups is 1. The molecule has 1 aliphatic heterocycles. The van der Waals surface area contributed by atoms with Gasteiger partial charge < -0.3 is 10.2 Å². The Hall–Kier alpha value is -2.20. The van der Waals surface area contributed by atoms with Gasteiger partial charge in [0.25, 0.3) is 0 Å². The molecule has 0 radical (unpaired) electrons. The summed E-state index contributed by atoms with van der Waals surface area (Å²) in [5.74, 6) is 0.0551. The second-order valence-electron chi connectivity index (χ2n) is 9.08. The molecule has 3 rings (SSSR count). The third-order valence-corrected chi connectivity index (χ3v) is 6.37. The van der Waals surface area contributed by atoms with Crippen molar-refractivity contribution in [1.29, 1.82) is 0 Å². The molecule has 0 aromatic heterocycles. The number of aryl methyl sites for hydroxylation is 3. The molecular formula is C25H33FN2O. The van der Waals surface area contributed by atoms with Crippen LogP contribution in [0.2, 0.25) is 0 Å². The van der Waals surface area contributed by atoms with Crippen molar-refractivity contribution in [3.8, 4) is 0 Å². The van der Waals surface area contributed by atoms with Gasteiger partial charge >= 0.3 is 0 Å². The van der Waals surface area contributed by atoms with Crippen molar-refractivity contribution in [3.05, 3.63) is 70.0 Å². The van der Waals surface area contributed by atoms with Crippen LogP contribution in [-0.2, 0) is 10.2 Å². The Morgan fingerprint density at radius 1 is 1.10 bits per heavy atom. The molecule has 1 heterocycles. The first-order valence-corrected chi connectivity index (χ1v) is 10.4. The van der Waals surface area contributed by atoms with Gasteiger partial charge in [0.15, 0.2) is 0 Å². The van der Waals surface area contributed by atoms with E-state index in [0.29, 0.717) is 0 Å². The van der Waals surface area contributed by atoms with E-state index >= 15 is 0 Å². The minimum Gasteiger partial charge on any atom is -0.341 e. The maximum absolute atomic E-state index is 13.6. The van der Waals surface area contributed by atoms with E-state index in [-0.39, 0.29) is 23.7 Å². The smallest absolute Gasteiger partial charge is 0.232 e. The van der Waals surface area contributed by atoms with Crippen molar-refractivity contribution >= 4 is 5.91 Å². The molecule has 0 bridgehead atoms. The zero-order chi connectivity index (χ0) is 21.3. The van der Waals surface area contributed by atoms with E-state index in [4.69, 9.17) is 0 Å². The van der Waals surface area contributed by atoms with E-state index < -0.39 is 5.41 Å². The fourth-order valence-electron chi connectivity index (χ4n) is 4.73. The first-order valence-electron chi connectivity index (χ1n) is 10.4. The van der Waals surface area contributed by atoms with Gasteiger partial charge in [0.2, 0.25) is 5.91 Å². The highest BCUT2D eigenvalue weighted by Crippen LogP contribution is 2.34. The Labute approximate surface area is 174 Å². The Bertz CT molecular complexity index is 885. The van der Waals surface area contributed by atoms with Crippen molar-refractivity contribution in [1.82, 2.24) is 10.2 Å². The molecule has 1 N–H and O–H groups in total. The molecule has 0 spiro atoms. The molecule has 3 nitrogen and oxygen atoms in total. The lowest BCUT2D eigenvalue weighted by molar-refractivity contribution is -0.138. The number of piperidine rings is 1. The predicted molar refractivity (Wildman–Crippen MR) is 117 cm³/mol. The van der Waals surface area contributed by atoms with Gasteiger partial charge in [-0.25, -0.2) is 4.39 Å². The molecule has 1 saturated heterocycles. The van der Waals surface area contributed by atoms with Gasteiger partial charge in [-0.3, -0.25) is 4.79 Å². The summed E-state index contributed by atoms with van der Waals surface area (Å²) in [4.78, 5) is 15.6. The van der Waals surface area contributed by atoms with Crippen LogP contribution in [-0.4, -0.2) is 37.0 Å². The number of hydrogen-bond acceptors (Lipinski definition) is 2.